The first-order valence-corrected chi connectivity index (χ1v) is 10.5. The molecule has 7 nitrogen and oxygen atoms in total. The maximum absolute atomic E-state index is 13.2. The molecule has 0 spiro atoms. The molecular weight excluding hydrogens is 459 g/mol. The second-order valence-electron chi connectivity index (χ2n) is 7.08. The molecule has 0 aliphatic rings. The van der Waals surface area contributed by atoms with Gasteiger partial charge in [0.25, 0.3) is 11.5 Å². The summed E-state index contributed by atoms with van der Waals surface area (Å²) in [6.45, 7) is -1.94. The third-order valence-corrected chi connectivity index (χ3v) is 5.80. The van der Waals surface area contributed by atoms with Crippen LogP contribution in [0, 0.1) is 0 Å². The molecule has 0 saturated heterocycles. The van der Waals surface area contributed by atoms with Crippen LogP contribution < -0.4 is 16.1 Å². The zero-order valence-corrected chi connectivity index (χ0v) is 17.6. The minimum absolute atomic E-state index is 0.0549. The molecule has 170 valence electrons. The lowest BCUT2D eigenvalue weighted by Gasteiger charge is -2.23. The first-order valence-electron chi connectivity index (χ1n) is 9.60. The van der Waals surface area contributed by atoms with Crippen LogP contribution in [-0.4, -0.2) is 33.3 Å². The molecule has 11 heteroatoms. The highest BCUT2D eigenvalue weighted by Crippen LogP contribution is 2.26. The van der Waals surface area contributed by atoms with Gasteiger partial charge >= 0.3 is 11.9 Å². The molecule has 1 amide bonds. The summed E-state index contributed by atoms with van der Waals surface area (Å²) in [5.41, 5.74) is -1.00. The summed E-state index contributed by atoms with van der Waals surface area (Å²) >= 11 is 0.864. The van der Waals surface area contributed by atoms with Gasteiger partial charge in [0, 0.05) is 11.1 Å². The number of amides is 1. The van der Waals surface area contributed by atoms with Gasteiger partial charge in [-0.05, 0) is 29.8 Å². The number of H-pyrrole nitrogens is 1. The van der Waals surface area contributed by atoms with Gasteiger partial charge in [-0.15, -0.1) is 11.3 Å². The summed E-state index contributed by atoms with van der Waals surface area (Å²) in [5, 5.41) is 11.0. The van der Waals surface area contributed by atoms with E-state index in [-0.39, 0.29) is 27.2 Å². The van der Waals surface area contributed by atoms with E-state index < -0.39 is 36.5 Å². The number of aromatic nitrogens is 2. The fourth-order valence-corrected chi connectivity index (χ4v) is 4.32. The van der Waals surface area contributed by atoms with Gasteiger partial charge in [0.1, 0.15) is 11.5 Å². The number of aromatic amines is 1. The average molecular weight is 475 g/mol. The monoisotopic (exact) mass is 475 g/mol. The van der Waals surface area contributed by atoms with Crippen LogP contribution in [0.1, 0.15) is 15.9 Å². The molecule has 0 aliphatic carbocycles. The number of benzene rings is 2. The number of aliphatic hydroxyl groups excluding tert-OH is 1. The first-order chi connectivity index (χ1) is 15.7. The van der Waals surface area contributed by atoms with E-state index in [9.17, 15) is 32.7 Å². The summed E-state index contributed by atoms with van der Waals surface area (Å²) in [5.74, 6) is -0.928. The van der Waals surface area contributed by atoms with Gasteiger partial charge in [-0.25, -0.2) is 9.36 Å². The lowest BCUT2D eigenvalue weighted by Crippen LogP contribution is -2.39. The quantitative estimate of drug-likeness (QED) is 0.462. The Morgan fingerprint density at radius 1 is 1.09 bits per heavy atom. The Bertz CT molecular complexity index is 1440. The van der Waals surface area contributed by atoms with Crippen molar-refractivity contribution in [3.8, 4) is 5.00 Å². The molecule has 2 heterocycles. The van der Waals surface area contributed by atoms with E-state index in [1.165, 1.54) is 47.8 Å². The van der Waals surface area contributed by atoms with Crippen molar-refractivity contribution in [2.75, 3.05) is 11.4 Å². The molecule has 4 aromatic rings. The second kappa shape index (κ2) is 8.68. The minimum Gasteiger partial charge on any atom is -0.392 e. The Hall–Kier alpha value is -3.70. The van der Waals surface area contributed by atoms with Gasteiger partial charge in [-0.1, -0.05) is 30.3 Å². The van der Waals surface area contributed by atoms with Crippen LogP contribution in [-0.2, 0) is 6.61 Å². The highest BCUT2D eigenvalue weighted by molar-refractivity contribution is 7.12. The van der Waals surface area contributed by atoms with Gasteiger partial charge in [0.15, 0.2) is 0 Å². The number of alkyl halides is 3. The highest BCUT2D eigenvalue weighted by atomic mass is 32.1. The number of hydrogen-bond acceptors (Lipinski definition) is 5. The molecule has 2 aromatic carbocycles. The summed E-state index contributed by atoms with van der Waals surface area (Å²) in [4.78, 5) is 41.7. The van der Waals surface area contributed by atoms with E-state index in [0.29, 0.717) is 10.5 Å². The molecule has 4 rings (SSSR count). The molecule has 2 aromatic heterocycles. The van der Waals surface area contributed by atoms with Crippen LogP contribution in [0.15, 0.2) is 69.6 Å². The van der Waals surface area contributed by atoms with Crippen LogP contribution in [0.2, 0.25) is 0 Å². The summed E-state index contributed by atoms with van der Waals surface area (Å²) in [6.07, 6.45) is -4.64. The van der Waals surface area contributed by atoms with Gasteiger partial charge < -0.3 is 10.1 Å². The van der Waals surface area contributed by atoms with Crippen molar-refractivity contribution in [3.63, 3.8) is 0 Å². The summed E-state index contributed by atoms with van der Waals surface area (Å²) in [7, 11) is 0. The number of aliphatic hydroxyl groups is 1. The predicted molar refractivity (Wildman–Crippen MR) is 118 cm³/mol. The Labute approximate surface area is 188 Å². The molecule has 2 N–H and O–H groups in total. The van der Waals surface area contributed by atoms with Gasteiger partial charge in [0.05, 0.1) is 23.1 Å². The molecule has 0 fully saturated rings. The number of hydrogen-bond donors (Lipinski definition) is 2. The lowest BCUT2D eigenvalue weighted by molar-refractivity contribution is -0.118. The number of anilines is 1. The van der Waals surface area contributed by atoms with Crippen molar-refractivity contribution in [2.45, 2.75) is 12.8 Å². The largest absolute Gasteiger partial charge is 0.406 e. The van der Waals surface area contributed by atoms with Crippen molar-refractivity contribution in [1.82, 2.24) is 9.55 Å². The molecule has 0 bridgehead atoms. The van der Waals surface area contributed by atoms with Crippen molar-refractivity contribution in [3.05, 3.63) is 91.9 Å². The number of carbonyl (C=O) groups is 1. The summed E-state index contributed by atoms with van der Waals surface area (Å²) < 4.78 is 40.3. The standard InChI is InChI=1S/C22H16F3N3O4S/c23-22(24,25)12-27(15-6-2-1-3-7-15)19(30)14-9-17(33-11-14)28-20(31)18-13(10-29)5-4-8-16(18)26-21(28)32/h1-9,11,29H,10,12H2,(H,26,32). The maximum atomic E-state index is 13.2. The number of rotatable bonds is 5. The number of thiophene rings is 1. The fourth-order valence-electron chi connectivity index (χ4n) is 3.44. The number of halogens is 3. The van der Waals surface area contributed by atoms with Crippen LogP contribution in [0.5, 0.6) is 0 Å². The normalized spacial score (nSPS) is 11.6. The van der Waals surface area contributed by atoms with Crippen molar-refractivity contribution < 1.29 is 23.1 Å². The van der Waals surface area contributed by atoms with Gasteiger partial charge in [-0.2, -0.15) is 13.2 Å². The smallest absolute Gasteiger partial charge is 0.392 e. The maximum Gasteiger partial charge on any atom is 0.406 e. The van der Waals surface area contributed by atoms with Gasteiger partial charge in [-0.3, -0.25) is 14.5 Å². The molecular formula is C22H16F3N3O4S. The Morgan fingerprint density at radius 3 is 2.48 bits per heavy atom. The molecule has 33 heavy (non-hydrogen) atoms. The van der Waals surface area contributed by atoms with E-state index in [1.807, 2.05) is 0 Å². The van der Waals surface area contributed by atoms with Gasteiger partial charge in [0.2, 0.25) is 0 Å². The third-order valence-electron chi connectivity index (χ3n) is 4.89. The minimum atomic E-state index is -4.64. The van der Waals surface area contributed by atoms with Crippen LogP contribution in [0.4, 0.5) is 18.9 Å². The van der Waals surface area contributed by atoms with Crippen LogP contribution >= 0.6 is 11.3 Å². The molecule has 0 aliphatic heterocycles. The van der Waals surface area contributed by atoms with Crippen molar-refractivity contribution in [1.29, 1.82) is 0 Å². The fraction of sp³-hybridized carbons (Fsp3) is 0.136. The van der Waals surface area contributed by atoms with Crippen molar-refractivity contribution >= 4 is 33.8 Å². The number of para-hydroxylation sites is 1. The van der Waals surface area contributed by atoms with Crippen molar-refractivity contribution in [2.24, 2.45) is 0 Å². The number of nitrogens with zero attached hydrogens (tertiary/aromatic N) is 2. The Kier molecular flexibility index (Phi) is 5.91. The SMILES string of the molecule is O=C(c1csc(-n2c(=O)[nH]c3cccc(CO)c3c2=O)c1)N(CC(F)(F)F)c1ccccc1. The third kappa shape index (κ3) is 4.45. The topological polar surface area (TPSA) is 95.4 Å². The zero-order chi connectivity index (χ0) is 23.8. The molecule has 0 radical (unpaired) electrons. The molecule has 0 saturated carbocycles. The lowest BCUT2D eigenvalue weighted by atomic mass is 10.1. The first kappa shape index (κ1) is 22.5. The van der Waals surface area contributed by atoms with Crippen LogP contribution in [0.3, 0.4) is 0 Å². The number of fused-ring (bicyclic) bond motifs is 1. The van der Waals surface area contributed by atoms with E-state index in [4.69, 9.17) is 0 Å². The highest BCUT2D eigenvalue weighted by Gasteiger charge is 2.34. The Morgan fingerprint density at radius 2 is 1.82 bits per heavy atom. The predicted octanol–water partition coefficient (Wildman–Crippen LogP) is 3.44. The summed E-state index contributed by atoms with van der Waals surface area (Å²) in [6, 6.07) is 13.2. The van der Waals surface area contributed by atoms with E-state index in [1.54, 1.807) is 12.1 Å². The average Bonchev–Trinajstić information content (AvgIpc) is 3.26. The van der Waals surface area contributed by atoms with Crippen LogP contribution in [0.25, 0.3) is 15.9 Å². The van der Waals surface area contributed by atoms with E-state index in [0.717, 1.165) is 15.9 Å². The molecule has 0 atom stereocenters. The number of nitrogens with one attached hydrogen (secondary N) is 1. The van der Waals surface area contributed by atoms with E-state index >= 15 is 0 Å². The Balaban J connectivity index is 1.79. The number of carbonyl (C=O) groups excluding carboxylic acids is 1. The second-order valence-corrected chi connectivity index (χ2v) is 7.97. The molecule has 0 unspecified atom stereocenters. The van der Waals surface area contributed by atoms with E-state index in [2.05, 4.69) is 4.98 Å². The zero-order valence-electron chi connectivity index (χ0n) is 16.8.